The second kappa shape index (κ2) is 6.30. The van der Waals surface area contributed by atoms with Gasteiger partial charge in [0.2, 0.25) is 0 Å². The molecule has 0 saturated carbocycles. The Morgan fingerprint density at radius 1 is 1.40 bits per heavy atom. The van der Waals surface area contributed by atoms with Gasteiger partial charge in [-0.3, -0.25) is 19.6 Å². The van der Waals surface area contributed by atoms with Gasteiger partial charge in [0, 0.05) is 32.5 Å². The van der Waals surface area contributed by atoms with Crippen molar-refractivity contribution in [1.29, 1.82) is 0 Å². The summed E-state index contributed by atoms with van der Waals surface area (Å²) in [5.74, 6) is -0.309. The number of aromatic amines is 1. The fraction of sp³-hybridized carbons (Fsp3) is 0.333. The Morgan fingerprint density at radius 2 is 2.20 bits per heavy atom. The average molecular weight is 360 g/mol. The van der Waals surface area contributed by atoms with E-state index in [1.807, 2.05) is 0 Å². The van der Waals surface area contributed by atoms with E-state index in [0.717, 1.165) is 23.5 Å². The fourth-order valence-electron chi connectivity index (χ4n) is 2.72. The average Bonchev–Trinajstić information content (AvgIpc) is 3.23. The number of hydrogen-bond acceptors (Lipinski definition) is 7. The Hall–Kier alpha value is -2.72. The Bertz CT molecular complexity index is 985. The van der Waals surface area contributed by atoms with Crippen LogP contribution in [0.1, 0.15) is 10.4 Å². The smallest absolute Gasteiger partial charge is 0.275 e. The normalized spacial score (nSPS) is 14.8. The molecule has 130 valence electrons. The van der Waals surface area contributed by atoms with E-state index < -0.39 is 0 Å². The highest BCUT2D eigenvalue weighted by Crippen LogP contribution is 2.32. The molecular weight excluding hydrogens is 344 g/mol. The van der Waals surface area contributed by atoms with Crippen LogP contribution in [-0.2, 0) is 11.8 Å². The number of anilines is 2. The zero-order valence-corrected chi connectivity index (χ0v) is 14.3. The third-order valence-corrected chi connectivity index (χ3v) is 4.95. The molecule has 0 bridgehead atoms. The summed E-state index contributed by atoms with van der Waals surface area (Å²) >= 11 is 1.29. The van der Waals surface area contributed by atoms with Crippen LogP contribution in [0.3, 0.4) is 0 Å². The summed E-state index contributed by atoms with van der Waals surface area (Å²) in [6, 6.07) is 0. The van der Waals surface area contributed by atoms with Crippen LogP contribution in [0.25, 0.3) is 10.2 Å². The number of nitrogens with zero attached hydrogens (tertiary/aromatic N) is 4. The third kappa shape index (κ3) is 3.01. The van der Waals surface area contributed by atoms with Crippen LogP contribution < -0.4 is 15.8 Å². The van der Waals surface area contributed by atoms with Gasteiger partial charge in [0.15, 0.2) is 10.6 Å². The number of nitrogens with one attached hydrogen (secondary N) is 2. The highest BCUT2D eigenvalue weighted by molar-refractivity contribution is 7.23. The van der Waals surface area contributed by atoms with Crippen LogP contribution in [0.2, 0.25) is 0 Å². The molecule has 1 amide bonds. The fourth-order valence-corrected chi connectivity index (χ4v) is 3.72. The molecule has 2 N–H and O–H groups in total. The third-order valence-electron chi connectivity index (χ3n) is 3.95. The van der Waals surface area contributed by atoms with Gasteiger partial charge in [-0.2, -0.15) is 5.10 Å². The summed E-state index contributed by atoms with van der Waals surface area (Å²) in [6.07, 6.45) is 4.80. The Morgan fingerprint density at radius 3 is 2.92 bits per heavy atom. The van der Waals surface area contributed by atoms with E-state index in [4.69, 9.17) is 4.74 Å². The molecule has 1 fully saturated rings. The van der Waals surface area contributed by atoms with Gasteiger partial charge in [-0.1, -0.05) is 11.3 Å². The van der Waals surface area contributed by atoms with E-state index in [1.165, 1.54) is 17.5 Å². The zero-order chi connectivity index (χ0) is 17.4. The molecule has 1 aliphatic heterocycles. The quantitative estimate of drug-likeness (QED) is 0.716. The first kappa shape index (κ1) is 15.8. The van der Waals surface area contributed by atoms with E-state index in [-0.39, 0.29) is 11.5 Å². The van der Waals surface area contributed by atoms with Crippen molar-refractivity contribution in [2.45, 2.75) is 0 Å². The van der Waals surface area contributed by atoms with E-state index in [0.29, 0.717) is 29.4 Å². The Balaban J connectivity index is 1.68. The Labute approximate surface area is 146 Å². The van der Waals surface area contributed by atoms with Crippen molar-refractivity contribution in [2.24, 2.45) is 7.05 Å². The van der Waals surface area contributed by atoms with E-state index >= 15 is 0 Å². The van der Waals surface area contributed by atoms with Crippen molar-refractivity contribution < 1.29 is 9.53 Å². The monoisotopic (exact) mass is 360 g/mol. The van der Waals surface area contributed by atoms with E-state index in [1.54, 1.807) is 24.1 Å². The van der Waals surface area contributed by atoms with Gasteiger partial charge in [-0.15, -0.1) is 0 Å². The van der Waals surface area contributed by atoms with Gasteiger partial charge in [-0.05, 0) is 0 Å². The number of thiazole rings is 1. The molecule has 9 nitrogen and oxygen atoms in total. The minimum atomic E-state index is -0.309. The first-order valence-corrected chi connectivity index (χ1v) is 8.58. The van der Waals surface area contributed by atoms with Crippen molar-refractivity contribution >= 4 is 38.3 Å². The Kier molecular flexibility index (Phi) is 3.98. The minimum Gasteiger partial charge on any atom is -0.378 e. The summed E-state index contributed by atoms with van der Waals surface area (Å²) in [5, 5.41) is 7.10. The van der Waals surface area contributed by atoms with Crippen molar-refractivity contribution in [2.75, 3.05) is 36.5 Å². The van der Waals surface area contributed by atoms with E-state index in [2.05, 4.69) is 25.3 Å². The first-order valence-electron chi connectivity index (χ1n) is 7.77. The molecule has 4 heterocycles. The minimum absolute atomic E-state index is 0.273. The topological polar surface area (TPSA) is 105 Å². The van der Waals surface area contributed by atoms with Crippen LogP contribution in [0, 0.1) is 0 Å². The molecule has 0 atom stereocenters. The SMILES string of the molecule is Cn1cc(C(=O)Nc2nc3c(=O)[nH]cc(N4CCOCC4)c3s2)cn1. The number of aromatic nitrogens is 4. The second-order valence-electron chi connectivity index (χ2n) is 5.66. The summed E-state index contributed by atoms with van der Waals surface area (Å²) in [4.78, 5) is 33.5. The lowest BCUT2D eigenvalue weighted by molar-refractivity contribution is 0.102. The molecule has 1 aliphatic rings. The van der Waals surface area contributed by atoms with Crippen LogP contribution >= 0.6 is 11.3 Å². The predicted molar refractivity (Wildman–Crippen MR) is 94.4 cm³/mol. The molecule has 0 aromatic carbocycles. The maximum atomic E-state index is 12.3. The number of amides is 1. The molecule has 4 rings (SSSR count). The summed E-state index contributed by atoms with van der Waals surface area (Å²) in [7, 11) is 1.74. The van der Waals surface area contributed by atoms with E-state index in [9.17, 15) is 9.59 Å². The number of pyridine rings is 1. The molecule has 3 aromatic heterocycles. The summed E-state index contributed by atoms with van der Waals surface area (Å²) in [6.45, 7) is 2.78. The van der Waals surface area contributed by atoms with Gasteiger partial charge in [-0.25, -0.2) is 4.98 Å². The number of morpholine rings is 1. The zero-order valence-electron chi connectivity index (χ0n) is 13.5. The summed E-state index contributed by atoms with van der Waals surface area (Å²) < 4.78 is 7.68. The molecule has 0 spiro atoms. The molecule has 0 unspecified atom stereocenters. The van der Waals surface area contributed by atoms with Gasteiger partial charge in [0.25, 0.3) is 11.5 Å². The lowest BCUT2D eigenvalue weighted by Gasteiger charge is -2.28. The lowest BCUT2D eigenvalue weighted by atomic mass is 10.3. The second-order valence-corrected chi connectivity index (χ2v) is 6.66. The van der Waals surface area contributed by atoms with Crippen molar-refractivity contribution in [3.63, 3.8) is 0 Å². The molecular formula is C15H16N6O3S. The number of fused-ring (bicyclic) bond motifs is 1. The number of hydrogen-bond donors (Lipinski definition) is 2. The van der Waals surface area contributed by atoms with Gasteiger partial charge in [0.05, 0.1) is 35.4 Å². The van der Waals surface area contributed by atoms with Crippen LogP contribution in [0.5, 0.6) is 0 Å². The number of rotatable bonds is 3. The van der Waals surface area contributed by atoms with Gasteiger partial charge in [0.1, 0.15) is 0 Å². The van der Waals surface area contributed by atoms with Gasteiger partial charge >= 0.3 is 0 Å². The largest absolute Gasteiger partial charge is 0.378 e. The number of ether oxygens (including phenoxy) is 1. The van der Waals surface area contributed by atoms with Crippen molar-refractivity contribution in [3.05, 3.63) is 34.5 Å². The van der Waals surface area contributed by atoms with Crippen LogP contribution in [-0.4, -0.2) is 52.0 Å². The molecule has 25 heavy (non-hydrogen) atoms. The molecule has 1 saturated heterocycles. The molecule has 10 heteroatoms. The van der Waals surface area contributed by atoms with Crippen LogP contribution in [0.4, 0.5) is 10.8 Å². The first-order chi connectivity index (χ1) is 12.1. The molecule has 3 aromatic rings. The maximum absolute atomic E-state index is 12.3. The predicted octanol–water partition coefficient (Wildman–Crippen LogP) is 0.807. The number of carbonyl (C=O) groups is 1. The van der Waals surface area contributed by atoms with Crippen molar-refractivity contribution in [3.8, 4) is 0 Å². The number of aryl methyl sites for hydroxylation is 1. The standard InChI is InChI=1S/C15H16N6O3S/c1-20-8-9(6-17-20)13(22)19-15-18-11-12(25-15)10(7-16-14(11)23)21-2-4-24-5-3-21/h6-8H,2-5H2,1H3,(H,16,23)(H,18,19,22). The highest BCUT2D eigenvalue weighted by atomic mass is 32.1. The lowest BCUT2D eigenvalue weighted by Crippen LogP contribution is -2.36. The summed E-state index contributed by atoms with van der Waals surface area (Å²) in [5.41, 5.74) is 1.39. The molecule has 0 aliphatic carbocycles. The van der Waals surface area contributed by atoms with Crippen molar-refractivity contribution in [1.82, 2.24) is 19.7 Å². The number of H-pyrrole nitrogens is 1. The highest BCUT2D eigenvalue weighted by Gasteiger charge is 2.19. The van der Waals surface area contributed by atoms with Crippen LogP contribution in [0.15, 0.2) is 23.4 Å². The van der Waals surface area contributed by atoms with Gasteiger partial charge < -0.3 is 14.6 Å². The maximum Gasteiger partial charge on any atom is 0.275 e. The number of carbonyl (C=O) groups excluding carboxylic acids is 1. The molecule has 0 radical (unpaired) electrons.